The van der Waals surface area contributed by atoms with Gasteiger partial charge in [-0.15, -0.1) is 0 Å². The van der Waals surface area contributed by atoms with Gasteiger partial charge in [-0.25, -0.2) is 4.79 Å². The molecule has 1 aromatic carbocycles. The van der Waals surface area contributed by atoms with Crippen LogP contribution in [0.2, 0.25) is 0 Å². The summed E-state index contributed by atoms with van der Waals surface area (Å²) in [6.45, 7) is 2.55. The molecule has 0 bridgehead atoms. The van der Waals surface area contributed by atoms with E-state index in [9.17, 15) is 9.59 Å². The third-order valence-corrected chi connectivity index (χ3v) is 3.32. The quantitative estimate of drug-likeness (QED) is 0.918. The van der Waals surface area contributed by atoms with Gasteiger partial charge in [-0.3, -0.25) is 4.79 Å². The van der Waals surface area contributed by atoms with Gasteiger partial charge >= 0.3 is 5.97 Å². The van der Waals surface area contributed by atoms with Crippen molar-refractivity contribution in [3.05, 3.63) is 59.5 Å². The number of hydrogen-bond acceptors (Lipinski definition) is 3. The summed E-state index contributed by atoms with van der Waals surface area (Å²) in [5.41, 5.74) is 1.12. The molecule has 2 rings (SSSR count). The van der Waals surface area contributed by atoms with Crippen molar-refractivity contribution in [2.75, 3.05) is 13.6 Å². The Bertz CT molecular complexity index is 633. The number of amides is 1. The molecule has 1 atom stereocenters. The topological polar surface area (TPSA) is 70.8 Å². The smallest absolute Gasteiger partial charge is 0.338 e. The molecule has 0 spiro atoms. The van der Waals surface area contributed by atoms with Crippen molar-refractivity contribution < 1.29 is 19.1 Å². The van der Waals surface area contributed by atoms with Gasteiger partial charge in [0, 0.05) is 19.7 Å². The third-order valence-electron chi connectivity index (χ3n) is 3.32. The first-order chi connectivity index (χ1) is 9.99. The summed E-state index contributed by atoms with van der Waals surface area (Å²) < 4.78 is 5.02. The average Bonchev–Trinajstić information content (AvgIpc) is 2.97. The second-order valence-electron chi connectivity index (χ2n) is 5.00. The molecule has 21 heavy (non-hydrogen) atoms. The number of furan rings is 1. The Morgan fingerprint density at radius 1 is 1.29 bits per heavy atom. The van der Waals surface area contributed by atoms with Gasteiger partial charge in [-0.2, -0.15) is 0 Å². The van der Waals surface area contributed by atoms with Gasteiger partial charge in [0.05, 0.1) is 5.56 Å². The third kappa shape index (κ3) is 3.51. The molecule has 1 N–H and O–H groups in total. The highest BCUT2D eigenvalue weighted by molar-refractivity contribution is 5.95. The first-order valence-electron chi connectivity index (χ1n) is 6.61. The molecule has 0 aliphatic carbocycles. The molecule has 0 fully saturated rings. The van der Waals surface area contributed by atoms with Crippen molar-refractivity contribution in [1.29, 1.82) is 0 Å². The molecule has 1 unspecified atom stereocenters. The number of carbonyl (C=O) groups is 2. The molecule has 5 nitrogen and oxygen atoms in total. The Morgan fingerprint density at radius 3 is 2.52 bits per heavy atom. The number of likely N-dealkylation sites (N-methyl/N-ethyl adjacent to an activating group) is 1. The van der Waals surface area contributed by atoms with Crippen LogP contribution in [0.1, 0.15) is 39.3 Å². The maximum absolute atomic E-state index is 12.2. The predicted molar refractivity (Wildman–Crippen MR) is 77.5 cm³/mol. The Kier molecular flexibility index (Phi) is 4.42. The minimum atomic E-state index is -1.11. The molecule has 0 aliphatic rings. The largest absolute Gasteiger partial charge is 0.478 e. The Balaban J connectivity index is 2.03. The first kappa shape index (κ1) is 14.8. The molecule has 2 aromatic rings. The molecule has 0 aliphatic heterocycles. The van der Waals surface area contributed by atoms with Crippen LogP contribution in [0.15, 0.2) is 47.1 Å². The van der Waals surface area contributed by atoms with Crippen LogP contribution in [-0.4, -0.2) is 35.5 Å². The standard InChI is InChI=1S/C16H17NO4/c1-11(12-6-4-3-5-7-12)9-17(2)15(18)14-8-13(10-21-14)16(19)20/h3-8,10-11H,9H2,1-2H3,(H,19,20). The van der Waals surface area contributed by atoms with E-state index in [1.807, 2.05) is 37.3 Å². The fourth-order valence-corrected chi connectivity index (χ4v) is 2.13. The highest BCUT2D eigenvalue weighted by Gasteiger charge is 2.20. The minimum Gasteiger partial charge on any atom is -0.478 e. The number of nitrogens with zero attached hydrogens (tertiary/aromatic N) is 1. The molecular weight excluding hydrogens is 270 g/mol. The maximum atomic E-state index is 12.2. The zero-order valence-electron chi connectivity index (χ0n) is 11.9. The van der Waals surface area contributed by atoms with E-state index in [0.29, 0.717) is 6.54 Å². The van der Waals surface area contributed by atoms with Gasteiger partial charge in [0.15, 0.2) is 5.76 Å². The van der Waals surface area contributed by atoms with E-state index >= 15 is 0 Å². The van der Waals surface area contributed by atoms with Crippen LogP contribution in [0, 0.1) is 0 Å². The zero-order valence-corrected chi connectivity index (χ0v) is 11.9. The molecular formula is C16H17NO4. The molecule has 1 aromatic heterocycles. The van der Waals surface area contributed by atoms with E-state index in [0.717, 1.165) is 11.8 Å². The summed E-state index contributed by atoms with van der Waals surface area (Å²) in [6, 6.07) is 11.1. The summed E-state index contributed by atoms with van der Waals surface area (Å²) in [6.07, 6.45) is 1.07. The molecule has 0 radical (unpaired) electrons. The summed E-state index contributed by atoms with van der Waals surface area (Å²) in [4.78, 5) is 24.5. The van der Waals surface area contributed by atoms with Crippen molar-refractivity contribution in [3.63, 3.8) is 0 Å². The lowest BCUT2D eigenvalue weighted by Gasteiger charge is -2.21. The Morgan fingerprint density at radius 2 is 1.95 bits per heavy atom. The van der Waals surface area contributed by atoms with Gasteiger partial charge < -0.3 is 14.4 Å². The average molecular weight is 287 g/mol. The normalized spacial score (nSPS) is 11.9. The van der Waals surface area contributed by atoms with Gasteiger partial charge in [0.2, 0.25) is 0 Å². The summed E-state index contributed by atoms with van der Waals surface area (Å²) in [5.74, 6) is -1.23. The van der Waals surface area contributed by atoms with Crippen LogP contribution in [0.5, 0.6) is 0 Å². The number of carboxylic acids is 1. The molecule has 1 amide bonds. The lowest BCUT2D eigenvalue weighted by Crippen LogP contribution is -2.30. The lowest BCUT2D eigenvalue weighted by molar-refractivity contribution is 0.0695. The van der Waals surface area contributed by atoms with Crippen molar-refractivity contribution in [2.45, 2.75) is 12.8 Å². The van der Waals surface area contributed by atoms with E-state index in [4.69, 9.17) is 9.52 Å². The highest BCUT2D eigenvalue weighted by Crippen LogP contribution is 2.17. The number of rotatable bonds is 5. The molecule has 5 heteroatoms. The highest BCUT2D eigenvalue weighted by atomic mass is 16.4. The van der Waals surface area contributed by atoms with E-state index in [1.165, 1.54) is 11.0 Å². The van der Waals surface area contributed by atoms with Crippen LogP contribution >= 0.6 is 0 Å². The summed E-state index contributed by atoms with van der Waals surface area (Å²) in [7, 11) is 1.67. The SMILES string of the molecule is CC(CN(C)C(=O)c1cc(C(=O)O)co1)c1ccccc1. The second-order valence-corrected chi connectivity index (χ2v) is 5.00. The molecule has 1 heterocycles. The second kappa shape index (κ2) is 6.26. The van der Waals surface area contributed by atoms with E-state index in [-0.39, 0.29) is 23.1 Å². The Labute approximate surface area is 122 Å². The van der Waals surface area contributed by atoms with Crippen molar-refractivity contribution >= 4 is 11.9 Å². The van der Waals surface area contributed by atoms with E-state index in [1.54, 1.807) is 7.05 Å². The zero-order chi connectivity index (χ0) is 15.4. The summed E-state index contributed by atoms with van der Waals surface area (Å²) in [5, 5.41) is 8.83. The monoisotopic (exact) mass is 287 g/mol. The van der Waals surface area contributed by atoms with Gasteiger partial charge in [-0.05, 0) is 11.5 Å². The maximum Gasteiger partial charge on any atom is 0.338 e. The number of aromatic carboxylic acids is 1. The predicted octanol–water partition coefficient (Wildman–Crippen LogP) is 2.85. The number of carbonyl (C=O) groups excluding carboxylic acids is 1. The molecule has 110 valence electrons. The number of hydrogen-bond donors (Lipinski definition) is 1. The number of benzene rings is 1. The van der Waals surface area contributed by atoms with Gasteiger partial charge in [-0.1, -0.05) is 37.3 Å². The van der Waals surface area contributed by atoms with Crippen LogP contribution in [0.25, 0.3) is 0 Å². The van der Waals surface area contributed by atoms with Gasteiger partial charge in [0.1, 0.15) is 6.26 Å². The van der Waals surface area contributed by atoms with Crippen LogP contribution < -0.4 is 0 Å². The van der Waals surface area contributed by atoms with Crippen molar-refractivity contribution in [3.8, 4) is 0 Å². The molecule has 0 saturated heterocycles. The first-order valence-corrected chi connectivity index (χ1v) is 6.61. The van der Waals surface area contributed by atoms with Crippen molar-refractivity contribution in [1.82, 2.24) is 4.90 Å². The van der Waals surface area contributed by atoms with Crippen molar-refractivity contribution in [2.24, 2.45) is 0 Å². The fourth-order valence-electron chi connectivity index (χ4n) is 2.13. The van der Waals surface area contributed by atoms with Crippen LogP contribution in [0.4, 0.5) is 0 Å². The van der Waals surface area contributed by atoms with Crippen LogP contribution in [-0.2, 0) is 0 Å². The summed E-state index contributed by atoms with van der Waals surface area (Å²) >= 11 is 0. The van der Waals surface area contributed by atoms with E-state index in [2.05, 4.69) is 0 Å². The van der Waals surface area contributed by atoms with Crippen LogP contribution in [0.3, 0.4) is 0 Å². The molecule has 0 saturated carbocycles. The fraction of sp³-hybridized carbons (Fsp3) is 0.250. The van der Waals surface area contributed by atoms with E-state index < -0.39 is 5.97 Å². The lowest BCUT2D eigenvalue weighted by atomic mass is 10.0. The minimum absolute atomic E-state index is 0.0251. The Hall–Kier alpha value is -2.56. The van der Waals surface area contributed by atoms with Gasteiger partial charge in [0.25, 0.3) is 5.91 Å². The number of carboxylic acid groups (broad SMARTS) is 1.